The second-order valence-corrected chi connectivity index (χ2v) is 10.4. The maximum atomic E-state index is 13.6. The van der Waals surface area contributed by atoms with Crippen molar-refractivity contribution >= 4 is 42.4 Å². The van der Waals surface area contributed by atoms with Crippen LogP contribution in [0, 0.1) is 5.82 Å². The first-order valence-electron chi connectivity index (χ1n) is 10.1. The van der Waals surface area contributed by atoms with E-state index >= 15 is 0 Å². The minimum Gasteiger partial charge on any atom is -0.497 e. The fourth-order valence-corrected chi connectivity index (χ4v) is 5.52. The summed E-state index contributed by atoms with van der Waals surface area (Å²) < 4.78 is 44.8. The van der Waals surface area contributed by atoms with Gasteiger partial charge >= 0.3 is 0 Å². The Morgan fingerprint density at radius 1 is 1.06 bits per heavy atom. The van der Waals surface area contributed by atoms with Crippen LogP contribution in [0.2, 0.25) is 0 Å². The van der Waals surface area contributed by atoms with Gasteiger partial charge in [-0.1, -0.05) is 41.7 Å². The Kier molecular flexibility index (Phi) is 6.71. The zero-order valence-corrected chi connectivity index (χ0v) is 19.4. The molecule has 0 saturated heterocycles. The quantitative estimate of drug-likeness (QED) is 0.358. The Morgan fingerprint density at radius 2 is 1.79 bits per heavy atom. The molecule has 0 bridgehead atoms. The van der Waals surface area contributed by atoms with Gasteiger partial charge in [0.2, 0.25) is 5.91 Å². The molecule has 0 saturated carbocycles. The van der Waals surface area contributed by atoms with Crippen molar-refractivity contribution < 1.29 is 22.3 Å². The lowest BCUT2D eigenvalue weighted by Crippen LogP contribution is -2.31. The van der Waals surface area contributed by atoms with Gasteiger partial charge in [0.25, 0.3) is 0 Å². The Bertz CT molecular complexity index is 1370. The summed E-state index contributed by atoms with van der Waals surface area (Å²) in [4.78, 5) is 19.3. The predicted molar refractivity (Wildman–Crippen MR) is 127 cm³/mol. The smallest absolute Gasteiger partial charge is 0.230 e. The fourth-order valence-electron chi connectivity index (χ4n) is 3.29. The van der Waals surface area contributed by atoms with Gasteiger partial charge in [-0.3, -0.25) is 9.69 Å². The molecule has 3 aromatic carbocycles. The first-order chi connectivity index (χ1) is 15.9. The van der Waals surface area contributed by atoms with Crippen molar-refractivity contribution in [1.29, 1.82) is 0 Å². The number of rotatable bonds is 8. The highest BCUT2D eigenvalue weighted by Crippen LogP contribution is 2.31. The number of halogens is 1. The minimum absolute atomic E-state index is 0.126. The number of thiazole rings is 1. The summed E-state index contributed by atoms with van der Waals surface area (Å²) >= 11 is 1.19. The van der Waals surface area contributed by atoms with Crippen LogP contribution in [0.4, 0.5) is 9.52 Å². The molecule has 0 aliphatic heterocycles. The summed E-state index contributed by atoms with van der Waals surface area (Å²) in [6.45, 7) is 0.227. The van der Waals surface area contributed by atoms with Crippen molar-refractivity contribution in [2.75, 3.05) is 17.8 Å². The van der Waals surface area contributed by atoms with Gasteiger partial charge in [0.05, 0.1) is 34.5 Å². The van der Waals surface area contributed by atoms with Gasteiger partial charge in [0, 0.05) is 6.42 Å². The number of aromatic nitrogens is 1. The van der Waals surface area contributed by atoms with Gasteiger partial charge in [-0.2, -0.15) is 0 Å². The lowest BCUT2D eigenvalue weighted by molar-refractivity contribution is -0.118. The number of anilines is 1. The predicted octanol–water partition coefficient (Wildman–Crippen LogP) is 4.84. The summed E-state index contributed by atoms with van der Waals surface area (Å²) in [5, 5.41) is 0.395. The first kappa shape index (κ1) is 22.9. The van der Waals surface area contributed by atoms with Crippen molar-refractivity contribution in [3.8, 4) is 5.75 Å². The molecule has 4 aromatic rings. The van der Waals surface area contributed by atoms with Gasteiger partial charge in [-0.25, -0.2) is 17.8 Å². The monoisotopic (exact) mass is 484 g/mol. The number of carbonyl (C=O) groups is 1. The molecule has 6 nitrogen and oxygen atoms in total. The highest BCUT2D eigenvalue weighted by atomic mass is 32.2. The largest absolute Gasteiger partial charge is 0.497 e. The zero-order valence-electron chi connectivity index (χ0n) is 17.8. The van der Waals surface area contributed by atoms with E-state index in [1.54, 1.807) is 18.2 Å². The molecule has 33 heavy (non-hydrogen) atoms. The molecule has 4 rings (SSSR count). The molecule has 9 heteroatoms. The average molecular weight is 485 g/mol. The number of sulfone groups is 1. The maximum Gasteiger partial charge on any atom is 0.230 e. The van der Waals surface area contributed by atoms with Gasteiger partial charge in [0.15, 0.2) is 15.0 Å². The molecule has 1 amide bonds. The summed E-state index contributed by atoms with van der Waals surface area (Å²) in [5.74, 6) is -0.561. The van der Waals surface area contributed by atoms with Crippen LogP contribution in [0.5, 0.6) is 5.75 Å². The topological polar surface area (TPSA) is 76.6 Å². The van der Waals surface area contributed by atoms with Crippen molar-refractivity contribution in [1.82, 2.24) is 4.98 Å². The van der Waals surface area contributed by atoms with Gasteiger partial charge in [0.1, 0.15) is 11.6 Å². The van der Waals surface area contributed by atoms with Crippen molar-refractivity contribution in [3.05, 3.63) is 84.2 Å². The molecule has 170 valence electrons. The summed E-state index contributed by atoms with van der Waals surface area (Å²) in [6.07, 6.45) is -0.217. The molecule has 0 spiro atoms. The van der Waals surface area contributed by atoms with Crippen LogP contribution in [0.25, 0.3) is 10.2 Å². The van der Waals surface area contributed by atoms with Crippen LogP contribution < -0.4 is 9.64 Å². The van der Waals surface area contributed by atoms with E-state index in [0.717, 1.165) is 5.56 Å². The first-order valence-corrected chi connectivity index (χ1v) is 12.6. The van der Waals surface area contributed by atoms with Crippen molar-refractivity contribution in [3.63, 3.8) is 0 Å². The fraction of sp³-hybridized carbons (Fsp3) is 0.167. The molecular weight excluding hydrogens is 463 g/mol. The van der Waals surface area contributed by atoms with Crippen LogP contribution in [0.3, 0.4) is 0 Å². The molecule has 0 radical (unpaired) electrons. The number of benzene rings is 3. The third kappa shape index (κ3) is 5.37. The molecule has 0 aliphatic rings. The lowest BCUT2D eigenvalue weighted by atomic mass is 10.2. The maximum absolute atomic E-state index is 13.6. The van der Waals surface area contributed by atoms with E-state index in [1.807, 2.05) is 30.3 Å². The number of ether oxygens (including phenoxy) is 1. The Balaban J connectivity index is 1.58. The third-order valence-corrected chi connectivity index (χ3v) is 7.83. The number of hydrogen-bond acceptors (Lipinski definition) is 6. The lowest BCUT2D eigenvalue weighted by Gasteiger charge is -2.20. The molecule has 0 aliphatic carbocycles. The molecular formula is C24H21FN2O4S2. The highest BCUT2D eigenvalue weighted by Gasteiger charge is 2.23. The van der Waals surface area contributed by atoms with Crippen LogP contribution in [-0.4, -0.2) is 32.2 Å². The molecule has 0 atom stereocenters. The zero-order chi connectivity index (χ0) is 23.4. The SMILES string of the molecule is COc1ccc(S(=O)(=O)CCC(=O)N(Cc2ccccc2)c2nc3ccc(F)cc3s2)cc1. The number of amides is 1. The van der Waals surface area contributed by atoms with Crippen molar-refractivity contribution in [2.24, 2.45) is 0 Å². The van der Waals surface area contributed by atoms with E-state index in [4.69, 9.17) is 4.74 Å². The normalized spacial score (nSPS) is 11.5. The second kappa shape index (κ2) is 9.68. The Hall–Kier alpha value is -3.30. The summed E-state index contributed by atoms with van der Waals surface area (Å²) in [5.41, 5.74) is 1.45. The summed E-state index contributed by atoms with van der Waals surface area (Å²) in [7, 11) is -2.17. The van der Waals surface area contributed by atoms with Crippen LogP contribution in [-0.2, 0) is 21.2 Å². The summed E-state index contributed by atoms with van der Waals surface area (Å²) in [6, 6.07) is 19.6. The Morgan fingerprint density at radius 3 is 2.48 bits per heavy atom. The minimum atomic E-state index is -3.67. The number of nitrogens with zero attached hydrogens (tertiary/aromatic N) is 2. The van der Waals surface area contributed by atoms with Gasteiger partial charge < -0.3 is 4.74 Å². The van der Waals surface area contributed by atoms with E-state index in [0.29, 0.717) is 21.1 Å². The van der Waals surface area contributed by atoms with E-state index in [2.05, 4.69) is 4.98 Å². The van der Waals surface area contributed by atoms with Gasteiger partial charge in [-0.15, -0.1) is 0 Å². The van der Waals surface area contributed by atoms with Crippen LogP contribution >= 0.6 is 11.3 Å². The van der Waals surface area contributed by atoms with Crippen molar-refractivity contribution in [2.45, 2.75) is 17.9 Å². The molecule has 1 aromatic heterocycles. The molecule has 1 heterocycles. The van der Waals surface area contributed by atoms with Crippen LogP contribution in [0.1, 0.15) is 12.0 Å². The highest BCUT2D eigenvalue weighted by molar-refractivity contribution is 7.91. The van der Waals surface area contributed by atoms with E-state index < -0.39 is 9.84 Å². The third-order valence-electron chi connectivity index (χ3n) is 5.06. The number of hydrogen-bond donors (Lipinski definition) is 0. The average Bonchev–Trinajstić information content (AvgIpc) is 3.24. The molecule has 0 unspecified atom stereocenters. The van der Waals surface area contributed by atoms with Gasteiger partial charge in [-0.05, 0) is 48.0 Å². The Labute approximate surface area is 195 Å². The number of methoxy groups -OCH3 is 1. The molecule has 0 N–H and O–H groups in total. The van der Waals surface area contributed by atoms with E-state index in [1.165, 1.54) is 47.6 Å². The molecule has 0 fully saturated rings. The second-order valence-electron chi connectivity index (χ2n) is 7.32. The van der Waals surface area contributed by atoms with E-state index in [9.17, 15) is 17.6 Å². The van der Waals surface area contributed by atoms with E-state index in [-0.39, 0.29) is 35.3 Å². The number of carbonyl (C=O) groups excluding carboxylic acids is 1. The van der Waals surface area contributed by atoms with Crippen LogP contribution in [0.15, 0.2) is 77.7 Å². The standard InChI is InChI=1S/C24H21FN2O4S2/c1-31-19-8-10-20(11-9-19)33(29,30)14-13-23(28)27(16-17-5-3-2-4-6-17)24-26-21-12-7-18(25)15-22(21)32-24/h2-12,15H,13-14,16H2,1H3. The number of fused-ring (bicyclic) bond motifs is 1.